The van der Waals surface area contributed by atoms with Crippen LogP contribution in [0.1, 0.15) is 202 Å². The molecule has 54 heavy (non-hydrogen) atoms. The molecule has 0 aromatic rings. The van der Waals surface area contributed by atoms with Crippen molar-refractivity contribution in [3.05, 3.63) is 24.3 Å². The quantitative estimate of drug-likeness (QED) is 0.0270. The Labute approximate surface area is 334 Å². The molecule has 0 rings (SSSR count). The molecule has 0 atom stereocenters. The number of nitrogens with zero attached hydrogens (tertiary/aromatic N) is 1. The van der Waals surface area contributed by atoms with Crippen molar-refractivity contribution in [3.8, 4) is 0 Å². The van der Waals surface area contributed by atoms with E-state index in [2.05, 4.69) is 72.7 Å². The highest BCUT2D eigenvalue weighted by Gasteiger charge is 2.31. The van der Waals surface area contributed by atoms with E-state index >= 15 is 0 Å². The Morgan fingerprint density at radius 1 is 0.537 bits per heavy atom. The number of unbranched alkanes of at least 4 members (excludes halogenated alkanes) is 16. The predicted molar refractivity (Wildman–Crippen MR) is 228 cm³/mol. The molecule has 0 aromatic carbocycles. The number of ether oxygens (including phenoxy) is 3. The summed E-state index contributed by atoms with van der Waals surface area (Å²) in [6.07, 6.45) is 33.8. The van der Waals surface area contributed by atoms with Gasteiger partial charge in [-0.2, -0.15) is 0 Å². The van der Waals surface area contributed by atoms with Gasteiger partial charge in [0.15, 0.2) is 0 Å². The van der Waals surface area contributed by atoms with E-state index in [1.54, 1.807) is 0 Å². The van der Waals surface area contributed by atoms with Gasteiger partial charge < -0.3 is 19.1 Å². The molecule has 0 saturated carbocycles. The van der Waals surface area contributed by atoms with Crippen molar-refractivity contribution in [3.63, 3.8) is 0 Å². The van der Waals surface area contributed by atoms with Gasteiger partial charge in [0.05, 0.1) is 12.5 Å². The molecule has 316 valence electrons. The Kier molecular flexibility index (Phi) is 32.8. The van der Waals surface area contributed by atoms with Crippen LogP contribution in [-0.2, 0) is 28.6 Å². The lowest BCUT2D eigenvalue weighted by molar-refractivity contribution is -0.153. The summed E-state index contributed by atoms with van der Waals surface area (Å²) in [6, 6.07) is 0. The Morgan fingerprint density at radius 3 is 1.41 bits per heavy atom. The van der Waals surface area contributed by atoms with E-state index in [-0.39, 0.29) is 34.7 Å². The zero-order valence-electron chi connectivity index (χ0n) is 36.8. The van der Waals surface area contributed by atoms with Crippen molar-refractivity contribution >= 4 is 17.9 Å². The van der Waals surface area contributed by atoms with Crippen LogP contribution >= 0.6 is 0 Å². The average Bonchev–Trinajstić information content (AvgIpc) is 3.10. The van der Waals surface area contributed by atoms with E-state index < -0.39 is 0 Å². The minimum Gasteiger partial charge on any atom is -0.465 e. The summed E-state index contributed by atoms with van der Waals surface area (Å²) in [5, 5.41) is 0. The molecular formula is C47H87NO6. The van der Waals surface area contributed by atoms with Gasteiger partial charge >= 0.3 is 17.9 Å². The summed E-state index contributed by atoms with van der Waals surface area (Å²) in [4.78, 5) is 39.9. The Hall–Kier alpha value is -2.15. The Morgan fingerprint density at radius 2 is 0.963 bits per heavy atom. The summed E-state index contributed by atoms with van der Waals surface area (Å²) < 4.78 is 16.7. The molecule has 0 heterocycles. The first-order valence-electron chi connectivity index (χ1n) is 22.2. The topological polar surface area (TPSA) is 82.1 Å². The van der Waals surface area contributed by atoms with Crippen LogP contribution in [0.4, 0.5) is 0 Å². The summed E-state index contributed by atoms with van der Waals surface area (Å²) in [5.74, 6) is -0.362. The predicted octanol–water partition coefficient (Wildman–Crippen LogP) is 12.8. The lowest BCUT2D eigenvalue weighted by atomic mass is 9.75. The highest BCUT2D eigenvalue weighted by Crippen LogP contribution is 2.35. The molecule has 0 aromatic heterocycles. The normalized spacial score (nSPS) is 12.4. The first kappa shape index (κ1) is 51.9. The SMILES string of the molecule is CCCCCC/C=C\COC(=O)CCCCCCCC(CCCCCCCC(=O)OC/C=C\CCCCCC)C(=O)OCC(C)(C)CC(C)(C)CN(C)C. The Bertz CT molecular complexity index is 933. The van der Waals surface area contributed by atoms with Gasteiger partial charge in [-0.05, 0) is 82.7 Å². The average molecular weight is 762 g/mol. The van der Waals surface area contributed by atoms with Crippen LogP contribution < -0.4 is 0 Å². The van der Waals surface area contributed by atoms with Crippen LogP contribution in [0.15, 0.2) is 24.3 Å². The maximum Gasteiger partial charge on any atom is 0.308 e. The molecule has 0 fully saturated rings. The third-order valence-corrected chi connectivity index (χ3v) is 9.97. The largest absolute Gasteiger partial charge is 0.465 e. The monoisotopic (exact) mass is 762 g/mol. The first-order chi connectivity index (χ1) is 25.8. The Balaban J connectivity index is 4.58. The van der Waals surface area contributed by atoms with Crippen molar-refractivity contribution < 1.29 is 28.6 Å². The second kappa shape index (κ2) is 34.1. The second-order valence-corrected chi connectivity index (χ2v) is 17.7. The van der Waals surface area contributed by atoms with Crippen LogP contribution in [-0.4, -0.2) is 63.3 Å². The standard InChI is InChI=1S/C47H87NO6/c1-9-11-13-15-17-25-31-37-52-43(49)35-29-23-19-21-27-33-42(45(51)54-41-47(5,6)39-46(3,4)40-48(7)8)34-28-22-20-24-30-36-44(50)53-38-32-26-18-16-14-12-10-2/h25-26,31-32,42H,9-24,27-30,33-41H2,1-8H3/b31-25-,32-26-. The summed E-state index contributed by atoms with van der Waals surface area (Å²) in [5.41, 5.74) is 0.0264. The number of hydrogen-bond acceptors (Lipinski definition) is 7. The third-order valence-electron chi connectivity index (χ3n) is 9.97. The van der Waals surface area contributed by atoms with E-state index in [0.29, 0.717) is 32.7 Å². The van der Waals surface area contributed by atoms with E-state index in [0.717, 1.165) is 103 Å². The van der Waals surface area contributed by atoms with Gasteiger partial charge in [0.1, 0.15) is 13.2 Å². The molecule has 7 heteroatoms. The van der Waals surface area contributed by atoms with Crippen LogP contribution in [0.2, 0.25) is 0 Å². The van der Waals surface area contributed by atoms with E-state index in [1.165, 1.54) is 51.4 Å². The maximum absolute atomic E-state index is 13.4. The zero-order chi connectivity index (χ0) is 40.3. The minimum absolute atomic E-state index is 0.0519. The number of carbonyl (C=O) groups excluding carboxylic acids is 3. The number of rotatable bonds is 37. The van der Waals surface area contributed by atoms with Crippen molar-refractivity contribution in [2.75, 3.05) is 40.5 Å². The molecule has 0 spiro atoms. The fourth-order valence-corrected chi connectivity index (χ4v) is 7.58. The number of carbonyl (C=O) groups is 3. The highest BCUT2D eigenvalue weighted by molar-refractivity contribution is 5.72. The first-order valence-corrected chi connectivity index (χ1v) is 22.2. The van der Waals surface area contributed by atoms with Gasteiger partial charge in [-0.15, -0.1) is 0 Å². The van der Waals surface area contributed by atoms with Crippen LogP contribution in [0.3, 0.4) is 0 Å². The number of allylic oxidation sites excluding steroid dienone is 2. The van der Waals surface area contributed by atoms with E-state index in [1.807, 2.05) is 12.2 Å². The van der Waals surface area contributed by atoms with Crippen LogP contribution in [0.25, 0.3) is 0 Å². The van der Waals surface area contributed by atoms with Crippen molar-refractivity contribution in [2.24, 2.45) is 16.7 Å². The number of esters is 3. The van der Waals surface area contributed by atoms with Crippen molar-refractivity contribution in [2.45, 2.75) is 202 Å². The molecule has 0 saturated heterocycles. The lowest BCUT2D eigenvalue weighted by Crippen LogP contribution is -2.35. The molecule has 0 aliphatic rings. The summed E-state index contributed by atoms with van der Waals surface area (Å²) >= 11 is 0. The molecule has 0 aliphatic carbocycles. The van der Waals surface area contributed by atoms with Crippen LogP contribution in [0.5, 0.6) is 0 Å². The molecule has 0 radical (unpaired) electrons. The van der Waals surface area contributed by atoms with Crippen molar-refractivity contribution in [1.29, 1.82) is 0 Å². The van der Waals surface area contributed by atoms with Gasteiger partial charge in [-0.3, -0.25) is 14.4 Å². The third kappa shape index (κ3) is 34.3. The van der Waals surface area contributed by atoms with E-state index in [4.69, 9.17) is 14.2 Å². The van der Waals surface area contributed by atoms with Gasteiger partial charge in [0.2, 0.25) is 0 Å². The molecule has 7 nitrogen and oxygen atoms in total. The molecule has 0 N–H and O–H groups in total. The smallest absolute Gasteiger partial charge is 0.308 e. The van der Waals surface area contributed by atoms with Crippen LogP contribution in [0, 0.1) is 16.7 Å². The maximum atomic E-state index is 13.4. The second-order valence-electron chi connectivity index (χ2n) is 17.7. The fraction of sp³-hybridized carbons (Fsp3) is 0.851. The minimum atomic E-state index is -0.113. The molecular weight excluding hydrogens is 675 g/mol. The van der Waals surface area contributed by atoms with Gasteiger partial charge in [0, 0.05) is 19.4 Å². The molecule has 0 bridgehead atoms. The zero-order valence-corrected chi connectivity index (χ0v) is 36.8. The lowest BCUT2D eigenvalue weighted by Gasteiger charge is -2.36. The van der Waals surface area contributed by atoms with Gasteiger partial charge in [0.25, 0.3) is 0 Å². The van der Waals surface area contributed by atoms with E-state index in [9.17, 15) is 14.4 Å². The molecule has 0 amide bonds. The number of hydrogen-bond donors (Lipinski definition) is 0. The summed E-state index contributed by atoms with van der Waals surface area (Å²) in [6.45, 7) is 15.6. The van der Waals surface area contributed by atoms with Crippen molar-refractivity contribution in [1.82, 2.24) is 4.90 Å². The van der Waals surface area contributed by atoms with Gasteiger partial charge in [-0.25, -0.2) is 0 Å². The molecule has 0 aliphatic heterocycles. The summed E-state index contributed by atoms with van der Waals surface area (Å²) in [7, 11) is 4.21. The van der Waals surface area contributed by atoms with Gasteiger partial charge in [-0.1, -0.05) is 156 Å². The highest BCUT2D eigenvalue weighted by atomic mass is 16.5. The fourth-order valence-electron chi connectivity index (χ4n) is 7.58. The molecule has 0 unspecified atom stereocenters.